The number of benzene rings is 3. The Kier molecular flexibility index (Phi) is 6.65. The molecular weight excluding hydrogens is 489 g/mol. The molecule has 0 atom stereocenters. The molecule has 11 heteroatoms. The fourth-order valence-electron chi connectivity index (χ4n) is 3.44. The number of nitrogens with one attached hydrogen (secondary N) is 1. The quantitative estimate of drug-likeness (QED) is 0.151. The first-order valence-electron chi connectivity index (χ1n) is 10.3. The van der Waals surface area contributed by atoms with Gasteiger partial charge in [-0.15, -0.1) is 0 Å². The van der Waals surface area contributed by atoms with Gasteiger partial charge in [0.25, 0.3) is 5.91 Å². The van der Waals surface area contributed by atoms with E-state index in [9.17, 15) is 31.5 Å². The van der Waals surface area contributed by atoms with Gasteiger partial charge in [0.15, 0.2) is 18.1 Å². The normalized spacial score (nSPS) is 11.0. The molecule has 0 saturated heterocycles. The lowest BCUT2D eigenvalue weighted by Crippen LogP contribution is -2.21. The Labute approximate surface area is 200 Å². The second-order valence-electron chi connectivity index (χ2n) is 7.56. The molecule has 0 aliphatic carbocycles. The third kappa shape index (κ3) is 4.47. The maximum absolute atomic E-state index is 13.7. The Balaban J connectivity index is 1.50. The van der Waals surface area contributed by atoms with Crippen LogP contribution in [0.5, 0.6) is 11.5 Å². The first kappa shape index (κ1) is 24.7. The first-order valence-corrected chi connectivity index (χ1v) is 10.3. The van der Waals surface area contributed by atoms with E-state index in [2.05, 4.69) is 10.1 Å². The summed E-state index contributed by atoms with van der Waals surface area (Å²) in [6.45, 7) is 0.646. The van der Waals surface area contributed by atoms with E-state index in [0.29, 0.717) is 22.3 Å². The second kappa shape index (κ2) is 9.68. The topological polar surface area (TPSA) is 77.8 Å². The van der Waals surface area contributed by atoms with Crippen LogP contribution in [0.2, 0.25) is 0 Å². The van der Waals surface area contributed by atoms with Crippen molar-refractivity contribution in [2.45, 2.75) is 6.92 Å². The molecule has 0 fully saturated rings. The zero-order chi connectivity index (χ0) is 26.1. The number of carbonyl (C=O) groups excluding carboxylic acids is 2. The summed E-state index contributed by atoms with van der Waals surface area (Å²) in [4.78, 5) is 25.0. The predicted octanol–water partition coefficient (Wildman–Crippen LogP) is 5.69. The molecular formula is C25H16F5NO5. The molecule has 3 aromatic carbocycles. The van der Waals surface area contributed by atoms with Gasteiger partial charge in [-0.25, -0.2) is 13.2 Å². The van der Waals surface area contributed by atoms with Gasteiger partial charge in [0.2, 0.25) is 34.9 Å². The van der Waals surface area contributed by atoms with Crippen molar-refractivity contribution in [3.8, 4) is 11.5 Å². The number of halogens is 5. The van der Waals surface area contributed by atoms with Crippen LogP contribution in [0, 0.1) is 36.0 Å². The first-order chi connectivity index (χ1) is 17.1. The molecule has 6 nitrogen and oxygen atoms in total. The largest absolute Gasteiger partial charge is 0.497 e. The molecule has 186 valence electrons. The smallest absolute Gasteiger partial charge is 0.262 e. The molecule has 0 saturated carbocycles. The van der Waals surface area contributed by atoms with E-state index in [-0.39, 0.29) is 22.8 Å². The monoisotopic (exact) mass is 505 g/mol. The number of rotatable bonds is 7. The SMILES string of the molecule is COc1ccc(C(=O)c2oc3cc(NC(=O)COc4c(F)c(F)c(F)c(F)c4F)ccc3c2C)cc1. The molecule has 0 aliphatic heterocycles. The molecule has 0 bridgehead atoms. The Morgan fingerprint density at radius 3 is 2.11 bits per heavy atom. The predicted molar refractivity (Wildman–Crippen MR) is 118 cm³/mol. The van der Waals surface area contributed by atoms with Crippen molar-refractivity contribution in [1.29, 1.82) is 0 Å². The molecule has 4 rings (SSSR count). The van der Waals surface area contributed by atoms with Crippen LogP contribution in [0.1, 0.15) is 21.7 Å². The van der Waals surface area contributed by atoms with E-state index in [1.165, 1.54) is 19.2 Å². The number of furan rings is 1. The highest BCUT2D eigenvalue weighted by Gasteiger charge is 2.27. The van der Waals surface area contributed by atoms with Crippen LogP contribution < -0.4 is 14.8 Å². The van der Waals surface area contributed by atoms with Crippen LogP contribution in [0.15, 0.2) is 46.9 Å². The van der Waals surface area contributed by atoms with Gasteiger partial charge >= 0.3 is 0 Å². The number of methoxy groups -OCH3 is 1. The van der Waals surface area contributed by atoms with Crippen LogP contribution in [0.25, 0.3) is 11.0 Å². The molecule has 1 N–H and O–H groups in total. The van der Waals surface area contributed by atoms with Crippen molar-refractivity contribution in [3.05, 3.63) is 88.4 Å². The summed E-state index contributed by atoms with van der Waals surface area (Å²) >= 11 is 0. The fourth-order valence-corrected chi connectivity index (χ4v) is 3.44. The fraction of sp³-hybridized carbons (Fsp3) is 0.120. The summed E-state index contributed by atoms with van der Waals surface area (Å²) in [5, 5.41) is 2.96. The highest BCUT2D eigenvalue weighted by Crippen LogP contribution is 2.31. The third-order valence-corrected chi connectivity index (χ3v) is 5.30. The lowest BCUT2D eigenvalue weighted by Gasteiger charge is -2.10. The van der Waals surface area contributed by atoms with Crippen LogP contribution in [0.4, 0.5) is 27.6 Å². The Bertz CT molecular complexity index is 1470. The third-order valence-electron chi connectivity index (χ3n) is 5.30. The number of aryl methyl sites for hydroxylation is 1. The highest BCUT2D eigenvalue weighted by atomic mass is 19.2. The lowest BCUT2D eigenvalue weighted by molar-refractivity contribution is -0.118. The van der Waals surface area contributed by atoms with Gasteiger partial charge in [0.05, 0.1) is 7.11 Å². The summed E-state index contributed by atoms with van der Waals surface area (Å²) in [6, 6.07) is 10.9. The van der Waals surface area contributed by atoms with Crippen molar-refractivity contribution in [3.63, 3.8) is 0 Å². The van der Waals surface area contributed by atoms with E-state index in [1.54, 1.807) is 37.3 Å². The number of carbonyl (C=O) groups is 2. The molecule has 1 heterocycles. The average molecular weight is 505 g/mol. The van der Waals surface area contributed by atoms with Crippen LogP contribution in [0.3, 0.4) is 0 Å². The van der Waals surface area contributed by atoms with Crippen LogP contribution in [-0.2, 0) is 4.79 Å². The van der Waals surface area contributed by atoms with E-state index in [0.717, 1.165) is 0 Å². The van der Waals surface area contributed by atoms with Gasteiger partial charge in [-0.3, -0.25) is 9.59 Å². The van der Waals surface area contributed by atoms with Crippen LogP contribution in [-0.4, -0.2) is 25.4 Å². The average Bonchev–Trinajstić information content (AvgIpc) is 3.21. The van der Waals surface area contributed by atoms with Crippen molar-refractivity contribution in [1.82, 2.24) is 0 Å². The zero-order valence-corrected chi connectivity index (χ0v) is 18.7. The summed E-state index contributed by atoms with van der Waals surface area (Å²) in [6.07, 6.45) is 0. The summed E-state index contributed by atoms with van der Waals surface area (Å²) in [5.74, 6) is -13.3. The molecule has 0 radical (unpaired) electrons. The molecule has 36 heavy (non-hydrogen) atoms. The number of hydrogen-bond acceptors (Lipinski definition) is 5. The summed E-state index contributed by atoms with van der Waals surface area (Å²) in [7, 11) is 1.50. The number of hydrogen-bond donors (Lipinski definition) is 1. The maximum Gasteiger partial charge on any atom is 0.262 e. The zero-order valence-electron chi connectivity index (χ0n) is 18.7. The van der Waals surface area contributed by atoms with E-state index in [1.807, 2.05) is 0 Å². The van der Waals surface area contributed by atoms with Crippen LogP contribution >= 0.6 is 0 Å². The van der Waals surface area contributed by atoms with E-state index >= 15 is 0 Å². The number of amides is 1. The second-order valence-corrected chi connectivity index (χ2v) is 7.56. The molecule has 1 aromatic heterocycles. The minimum atomic E-state index is -2.34. The Morgan fingerprint density at radius 1 is 0.889 bits per heavy atom. The Hall–Kier alpha value is -4.41. The summed E-state index contributed by atoms with van der Waals surface area (Å²) < 4.78 is 82.4. The van der Waals surface area contributed by atoms with Gasteiger partial charge in [-0.2, -0.15) is 8.78 Å². The minimum Gasteiger partial charge on any atom is -0.497 e. The molecule has 4 aromatic rings. The number of anilines is 1. The number of fused-ring (bicyclic) bond motifs is 1. The van der Waals surface area contributed by atoms with Gasteiger partial charge in [-0.1, -0.05) is 0 Å². The number of ketones is 1. The van der Waals surface area contributed by atoms with Crippen molar-refractivity contribution < 1.29 is 45.4 Å². The minimum absolute atomic E-state index is 0.0910. The van der Waals surface area contributed by atoms with Crippen molar-refractivity contribution in [2.24, 2.45) is 0 Å². The van der Waals surface area contributed by atoms with Gasteiger partial charge < -0.3 is 19.2 Å². The Morgan fingerprint density at radius 2 is 1.50 bits per heavy atom. The van der Waals surface area contributed by atoms with Crippen molar-refractivity contribution >= 4 is 28.3 Å². The standard InChI is InChI=1S/C25H16F5NO5/c1-11-15-8-5-13(9-16(15)36-24(11)23(33)12-3-6-14(34-2)7-4-12)31-17(32)10-35-25-21(29)19(27)18(26)20(28)22(25)30/h3-9H,10H2,1-2H3,(H,31,32). The maximum atomic E-state index is 13.7. The molecule has 1 amide bonds. The molecule has 0 spiro atoms. The van der Waals surface area contributed by atoms with Gasteiger partial charge in [0, 0.05) is 28.3 Å². The number of ether oxygens (including phenoxy) is 2. The highest BCUT2D eigenvalue weighted by molar-refractivity contribution is 6.10. The van der Waals surface area contributed by atoms with Gasteiger partial charge in [-0.05, 0) is 43.3 Å². The van der Waals surface area contributed by atoms with Crippen molar-refractivity contribution in [2.75, 3.05) is 19.0 Å². The van der Waals surface area contributed by atoms with E-state index in [4.69, 9.17) is 9.15 Å². The molecule has 0 aliphatic rings. The molecule has 0 unspecified atom stereocenters. The van der Waals surface area contributed by atoms with E-state index < -0.39 is 47.3 Å². The summed E-state index contributed by atoms with van der Waals surface area (Å²) in [5.41, 5.74) is 1.38. The lowest BCUT2D eigenvalue weighted by atomic mass is 10.0. The van der Waals surface area contributed by atoms with Gasteiger partial charge in [0.1, 0.15) is 11.3 Å².